The molecule has 1 heterocycles. The summed E-state index contributed by atoms with van der Waals surface area (Å²) < 4.78 is 5.19. The van der Waals surface area contributed by atoms with Gasteiger partial charge in [-0.15, -0.1) is 0 Å². The molecule has 1 aromatic heterocycles. The monoisotopic (exact) mass is 668 g/mol. The average molecular weight is 669 g/mol. The number of aromatic nitrogens is 1. The number of amides is 5. The first-order chi connectivity index (χ1) is 22.9. The lowest BCUT2D eigenvalue weighted by Crippen LogP contribution is -2.34. The topological polar surface area (TPSA) is 156 Å². The van der Waals surface area contributed by atoms with Crippen LogP contribution in [0.15, 0.2) is 72.8 Å². The molecule has 0 unspecified atom stereocenters. The third kappa shape index (κ3) is 8.97. The molecular formula is C36H40N6O5S. The van der Waals surface area contributed by atoms with E-state index in [2.05, 4.69) is 22.0 Å². The Morgan fingerprint density at radius 1 is 0.979 bits per heavy atom. The normalized spacial score (nSPS) is 12.6. The second-order valence-corrected chi connectivity index (χ2v) is 13.6. The highest BCUT2D eigenvalue weighted by atomic mass is 32.1. The summed E-state index contributed by atoms with van der Waals surface area (Å²) in [5.41, 5.74) is 10.4. The van der Waals surface area contributed by atoms with Crippen molar-refractivity contribution < 1.29 is 23.9 Å². The molecule has 0 atom stereocenters. The number of hydrogen-bond acceptors (Lipinski definition) is 7. The molecule has 5 amide bonds. The number of ether oxygens (including phenoxy) is 1. The molecule has 1 fully saturated rings. The molecule has 48 heavy (non-hydrogen) atoms. The number of benzene rings is 3. The van der Waals surface area contributed by atoms with Crippen molar-refractivity contribution >= 4 is 51.8 Å². The molecule has 5 rings (SSSR count). The van der Waals surface area contributed by atoms with Gasteiger partial charge in [0.2, 0.25) is 5.91 Å². The Labute approximate surface area is 283 Å². The second kappa shape index (κ2) is 14.7. The molecule has 0 spiro atoms. The highest BCUT2D eigenvalue weighted by molar-refractivity contribution is 7.18. The summed E-state index contributed by atoms with van der Waals surface area (Å²) in [5, 5.41) is 8.61. The fourth-order valence-electron chi connectivity index (χ4n) is 4.99. The van der Waals surface area contributed by atoms with E-state index < -0.39 is 17.7 Å². The first-order valence-corrected chi connectivity index (χ1v) is 16.6. The van der Waals surface area contributed by atoms with Crippen LogP contribution < -0.4 is 26.6 Å². The molecule has 5 N–H and O–H groups in total. The Balaban J connectivity index is 1.38. The summed E-state index contributed by atoms with van der Waals surface area (Å²) in [4.78, 5) is 57.4. The highest BCUT2D eigenvalue weighted by Gasteiger charge is 2.29. The standard InChI is InChI=1S/C36H40N6O5S/c1-22-10-11-26(24-12-13-24)20-28(22)42(33(37)45)34-41-30(31(48-34)32(44)39-21-23-8-6-5-7-9-23)25-14-16-27(17-15-25)40-29(43)18-19-38-35(46)47-36(2,3)4/h5-11,14-17,20,24H,12-13,18-19,21H2,1-4H3,(H2,37,45)(H,38,46)(H,39,44)(H,40,43). The molecule has 0 bridgehead atoms. The number of thiazole rings is 1. The van der Waals surface area contributed by atoms with Crippen LogP contribution in [-0.2, 0) is 16.1 Å². The summed E-state index contributed by atoms with van der Waals surface area (Å²) in [6, 6.07) is 21.8. The van der Waals surface area contributed by atoms with E-state index in [-0.39, 0.29) is 29.9 Å². The molecule has 1 aliphatic rings. The molecule has 1 aliphatic carbocycles. The average Bonchev–Trinajstić information content (AvgIpc) is 3.79. The van der Waals surface area contributed by atoms with E-state index >= 15 is 0 Å². The van der Waals surface area contributed by atoms with Gasteiger partial charge in [0.15, 0.2) is 5.13 Å². The predicted molar refractivity (Wildman–Crippen MR) is 188 cm³/mol. The Bertz CT molecular complexity index is 1800. The van der Waals surface area contributed by atoms with E-state index in [1.54, 1.807) is 45.0 Å². The van der Waals surface area contributed by atoms with Gasteiger partial charge in [-0.05, 0) is 81.3 Å². The first-order valence-electron chi connectivity index (χ1n) is 15.8. The van der Waals surface area contributed by atoms with Crippen LogP contribution in [0.25, 0.3) is 11.3 Å². The van der Waals surface area contributed by atoms with Gasteiger partial charge in [0.25, 0.3) is 5.91 Å². The summed E-state index contributed by atoms with van der Waals surface area (Å²) in [6.07, 6.45) is 1.66. The molecule has 12 heteroatoms. The fraction of sp³-hybridized carbons (Fsp3) is 0.306. The van der Waals surface area contributed by atoms with Crippen molar-refractivity contribution in [3.63, 3.8) is 0 Å². The summed E-state index contributed by atoms with van der Waals surface area (Å²) in [6.45, 7) is 7.61. The van der Waals surface area contributed by atoms with Gasteiger partial charge in [0.05, 0.1) is 11.4 Å². The van der Waals surface area contributed by atoms with Crippen LogP contribution in [0.3, 0.4) is 0 Å². The van der Waals surface area contributed by atoms with Gasteiger partial charge in [-0.1, -0.05) is 65.9 Å². The number of urea groups is 1. The molecule has 1 saturated carbocycles. The molecule has 3 aromatic carbocycles. The van der Waals surface area contributed by atoms with Crippen LogP contribution in [0.2, 0.25) is 0 Å². The third-order valence-electron chi connectivity index (χ3n) is 7.51. The first kappa shape index (κ1) is 34.1. The van der Waals surface area contributed by atoms with Crippen LogP contribution in [0.5, 0.6) is 0 Å². The van der Waals surface area contributed by atoms with Gasteiger partial charge in [-0.3, -0.25) is 9.59 Å². The molecule has 11 nitrogen and oxygen atoms in total. The number of hydrogen-bond donors (Lipinski definition) is 4. The Kier molecular flexibility index (Phi) is 10.4. The van der Waals surface area contributed by atoms with Gasteiger partial charge < -0.3 is 26.4 Å². The largest absolute Gasteiger partial charge is 0.444 e. The van der Waals surface area contributed by atoms with Gasteiger partial charge in [0.1, 0.15) is 10.5 Å². The van der Waals surface area contributed by atoms with E-state index in [1.165, 1.54) is 4.90 Å². The number of nitrogens with zero attached hydrogens (tertiary/aromatic N) is 2. The molecular weight excluding hydrogens is 629 g/mol. The minimum Gasteiger partial charge on any atom is -0.444 e. The maximum atomic E-state index is 13.6. The number of carbonyl (C=O) groups is 4. The van der Waals surface area contributed by atoms with E-state index in [4.69, 9.17) is 15.5 Å². The number of rotatable bonds is 11. The van der Waals surface area contributed by atoms with E-state index in [0.29, 0.717) is 40.0 Å². The zero-order valence-electron chi connectivity index (χ0n) is 27.5. The fourth-order valence-corrected chi connectivity index (χ4v) is 6.02. The second-order valence-electron chi connectivity index (χ2n) is 12.6. The van der Waals surface area contributed by atoms with Gasteiger partial charge in [0, 0.05) is 30.8 Å². The van der Waals surface area contributed by atoms with Crippen LogP contribution >= 0.6 is 11.3 Å². The van der Waals surface area contributed by atoms with E-state index in [9.17, 15) is 19.2 Å². The third-order valence-corrected chi connectivity index (χ3v) is 8.55. The lowest BCUT2D eigenvalue weighted by molar-refractivity contribution is -0.116. The quantitative estimate of drug-likeness (QED) is 0.135. The van der Waals surface area contributed by atoms with Crippen molar-refractivity contribution in [1.29, 1.82) is 0 Å². The number of alkyl carbamates (subject to hydrolysis) is 1. The van der Waals surface area contributed by atoms with Crippen molar-refractivity contribution in [3.05, 3.63) is 94.4 Å². The number of primary amides is 1. The zero-order chi connectivity index (χ0) is 34.4. The number of nitrogens with two attached hydrogens (primary N) is 1. The van der Waals surface area contributed by atoms with Crippen molar-refractivity contribution in [2.75, 3.05) is 16.8 Å². The predicted octanol–water partition coefficient (Wildman–Crippen LogP) is 7.00. The Morgan fingerprint density at radius 3 is 2.33 bits per heavy atom. The molecule has 0 aliphatic heterocycles. The smallest absolute Gasteiger partial charge is 0.407 e. The van der Waals surface area contributed by atoms with Crippen molar-refractivity contribution in [2.45, 2.75) is 65.0 Å². The van der Waals surface area contributed by atoms with Crippen molar-refractivity contribution in [2.24, 2.45) is 5.73 Å². The minimum absolute atomic E-state index is 0.0481. The van der Waals surface area contributed by atoms with Gasteiger partial charge in [-0.25, -0.2) is 19.5 Å². The summed E-state index contributed by atoms with van der Waals surface area (Å²) >= 11 is 1.08. The zero-order valence-corrected chi connectivity index (χ0v) is 28.3. The SMILES string of the molecule is Cc1ccc(C2CC2)cc1N(C(N)=O)c1nc(-c2ccc(NC(=O)CCNC(=O)OC(C)(C)C)cc2)c(C(=O)NCc2ccccc2)s1. The van der Waals surface area contributed by atoms with Crippen LogP contribution in [-0.4, -0.2) is 41.1 Å². The lowest BCUT2D eigenvalue weighted by Gasteiger charge is -2.20. The Hall–Kier alpha value is -5.23. The minimum atomic E-state index is -0.707. The Morgan fingerprint density at radius 2 is 1.69 bits per heavy atom. The summed E-state index contributed by atoms with van der Waals surface area (Å²) in [7, 11) is 0. The van der Waals surface area contributed by atoms with E-state index in [1.807, 2.05) is 49.4 Å². The molecule has 0 radical (unpaired) electrons. The lowest BCUT2D eigenvalue weighted by atomic mass is 10.1. The highest BCUT2D eigenvalue weighted by Crippen LogP contribution is 2.43. The molecule has 4 aromatic rings. The van der Waals surface area contributed by atoms with Crippen molar-refractivity contribution in [3.8, 4) is 11.3 Å². The van der Waals surface area contributed by atoms with Gasteiger partial charge >= 0.3 is 12.1 Å². The van der Waals surface area contributed by atoms with Crippen LogP contribution in [0.4, 0.5) is 26.1 Å². The maximum Gasteiger partial charge on any atom is 0.407 e. The van der Waals surface area contributed by atoms with Crippen molar-refractivity contribution in [1.82, 2.24) is 15.6 Å². The number of aryl methyl sites for hydroxylation is 1. The maximum absolute atomic E-state index is 13.6. The van der Waals surface area contributed by atoms with E-state index in [0.717, 1.165) is 40.9 Å². The van der Waals surface area contributed by atoms with Crippen LogP contribution in [0.1, 0.15) is 72.3 Å². The molecule has 250 valence electrons. The number of carbonyl (C=O) groups excluding carboxylic acids is 4. The van der Waals surface area contributed by atoms with Crippen LogP contribution in [0, 0.1) is 6.92 Å². The number of anilines is 3. The molecule has 0 saturated heterocycles. The number of nitrogens with one attached hydrogen (secondary N) is 3. The summed E-state index contributed by atoms with van der Waals surface area (Å²) in [5.74, 6) is -0.178. The van der Waals surface area contributed by atoms with Gasteiger partial charge in [-0.2, -0.15) is 0 Å².